The Morgan fingerprint density at radius 3 is 2.32 bits per heavy atom. The summed E-state index contributed by atoms with van der Waals surface area (Å²) in [5.41, 5.74) is 4.63. The molecular weight excluding hydrogens is 841 g/mol. The molecule has 17 nitrogen and oxygen atoms in total. The summed E-state index contributed by atoms with van der Waals surface area (Å²) in [5.74, 6) is -6.97. The molecular formula is C48H58N4O13. The Morgan fingerprint density at radius 1 is 0.969 bits per heavy atom. The molecule has 3 aliphatic rings. The number of aliphatic hydroxyl groups excluding tert-OH is 3. The zero-order chi connectivity index (χ0) is 47.4. The van der Waals surface area contributed by atoms with Gasteiger partial charge < -0.3 is 59.7 Å². The highest BCUT2D eigenvalue weighted by atomic mass is 16.7. The highest BCUT2D eigenvalue weighted by molar-refractivity contribution is 6.16. The van der Waals surface area contributed by atoms with Crippen LogP contribution < -0.4 is 36.8 Å². The first kappa shape index (κ1) is 47.0. The number of hydrogen-bond acceptors (Lipinski definition) is 16. The SMILES string of the molecule is CO[C@H]1/C=C\O[C@@]2(C)Oc3c(C)c(O)c4c(=O)c(c5oc6cc(N7CCC(N)CC7)cc(=O)c6nc5c4c3=C2O)NC(=O)/C(C)=C/C=C/[C@H](C)[C@H](O)[C@@H](C)[C@@H](O)[C@@H](C)[C@H](OC(C)=O)[C@@H]1C. The molecule has 1 fully saturated rings. The number of aliphatic hydroxyl groups is 3. The standard InChI is InChI=1S/C48H58N4O13/c1-21-11-10-12-22(2)47(60)51-38-42(58)34-33(37-45(38)64-32-20-29(19-30(54)36(32)50-37)52-16-13-28(49)14-17-52)35-44(26(6)41(34)57)65-48(8,46(35)59)62-18-15-31(61-9)23(3)43(63-27(7)53)25(5)40(56)24(4)39(21)55/h10-12,15,18-21,23-25,28,31,39-40,43,55-57,59H,13-14,16-17,49H2,1-9H3,(H,51,60)/b11-10+,18-15-,22-12+/t21-,23+,24+,25+,31-,39-,40+,43+,48-/m0/s1. The van der Waals surface area contributed by atoms with E-state index in [4.69, 9.17) is 34.1 Å². The Bertz CT molecular complexity index is 2830. The van der Waals surface area contributed by atoms with Gasteiger partial charge in [-0.1, -0.05) is 45.9 Å². The van der Waals surface area contributed by atoms with Gasteiger partial charge in [0.05, 0.1) is 35.2 Å². The van der Waals surface area contributed by atoms with Gasteiger partial charge in [0.1, 0.15) is 28.8 Å². The van der Waals surface area contributed by atoms with E-state index in [2.05, 4.69) is 5.32 Å². The van der Waals surface area contributed by atoms with Gasteiger partial charge in [0.2, 0.25) is 10.9 Å². The lowest BCUT2D eigenvalue weighted by atomic mass is 9.78. The van der Waals surface area contributed by atoms with E-state index in [-0.39, 0.29) is 66.8 Å². The number of methoxy groups -OCH3 is 1. The molecule has 4 heterocycles. The van der Waals surface area contributed by atoms with Crippen LogP contribution in [0.4, 0.5) is 11.4 Å². The van der Waals surface area contributed by atoms with Gasteiger partial charge in [-0.3, -0.25) is 19.2 Å². The fourth-order valence-corrected chi connectivity index (χ4v) is 9.22. The van der Waals surface area contributed by atoms with E-state index >= 15 is 0 Å². The quantitative estimate of drug-likeness (QED) is 0.0941. The molecule has 0 radical (unpaired) electrons. The topological polar surface area (TPSA) is 253 Å². The normalized spacial score (nSPS) is 30.2. The number of rotatable bonds is 3. The fourth-order valence-electron chi connectivity index (χ4n) is 9.22. The van der Waals surface area contributed by atoms with E-state index < -0.39 is 88.1 Å². The predicted molar refractivity (Wildman–Crippen MR) is 244 cm³/mol. The van der Waals surface area contributed by atoms with Crippen molar-refractivity contribution in [2.75, 3.05) is 30.4 Å². The van der Waals surface area contributed by atoms with Gasteiger partial charge in [0.25, 0.3) is 5.91 Å². The maximum atomic E-state index is 14.8. The number of hydrogen-bond donors (Lipinski definition) is 6. The van der Waals surface area contributed by atoms with Crippen LogP contribution in [0.2, 0.25) is 0 Å². The molecule has 65 heavy (non-hydrogen) atoms. The van der Waals surface area contributed by atoms with Crippen molar-refractivity contribution in [1.82, 2.24) is 4.98 Å². The molecule has 0 aliphatic carbocycles. The number of fused-ring (bicyclic) bond motifs is 2. The summed E-state index contributed by atoms with van der Waals surface area (Å²) >= 11 is 0. The minimum atomic E-state index is -1.98. The summed E-state index contributed by atoms with van der Waals surface area (Å²) in [6.45, 7) is 13.8. The summed E-state index contributed by atoms with van der Waals surface area (Å²) in [4.78, 5) is 61.9. The third kappa shape index (κ3) is 8.53. The Hall–Kier alpha value is -6.01. The molecule has 4 bridgehead atoms. The van der Waals surface area contributed by atoms with Crippen LogP contribution in [0.3, 0.4) is 0 Å². The summed E-state index contributed by atoms with van der Waals surface area (Å²) < 4.78 is 30.4. The van der Waals surface area contributed by atoms with Crippen LogP contribution in [0.25, 0.3) is 38.7 Å². The monoisotopic (exact) mass is 898 g/mol. The molecule has 3 aliphatic heterocycles. The van der Waals surface area contributed by atoms with Crippen molar-refractivity contribution < 1.29 is 53.4 Å². The summed E-state index contributed by atoms with van der Waals surface area (Å²) in [6.07, 6.45) is 4.94. The van der Waals surface area contributed by atoms with Crippen LogP contribution >= 0.6 is 0 Å². The molecule has 7 N–H and O–H groups in total. The molecule has 348 valence electrons. The molecule has 4 aromatic rings. The smallest absolute Gasteiger partial charge is 0.307 e. The number of phenols is 1. The van der Waals surface area contributed by atoms with E-state index in [9.17, 15) is 39.6 Å². The number of carbonyl (C=O) groups excluding carboxylic acids is 2. The first-order valence-electron chi connectivity index (χ1n) is 21.8. The maximum absolute atomic E-state index is 14.8. The number of phenolic OH excluding ortho intramolecular Hbond substituents is 1. The minimum Gasteiger partial charge on any atom is -0.507 e. The number of piperidine rings is 1. The van der Waals surface area contributed by atoms with Gasteiger partial charge in [0.15, 0.2) is 22.4 Å². The second-order valence-electron chi connectivity index (χ2n) is 17.9. The lowest BCUT2D eigenvalue weighted by Crippen LogP contribution is -2.46. The Kier molecular flexibility index (Phi) is 13.1. The average molecular weight is 899 g/mol. The molecule has 0 spiro atoms. The highest BCUT2D eigenvalue weighted by Gasteiger charge is 2.44. The number of nitrogens with zero attached hydrogens (tertiary/aromatic N) is 2. The lowest BCUT2D eigenvalue weighted by Gasteiger charge is -2.38. The number of aromatic hydroxyl groups is 1. The van der Waals surface area contributed by atoms with E-state index in [1.165, 1.54) is 59.3 Å². The highest BCUT2D eigenvalue weighted by Crippen LogP contribution is 2.42. The number of nitrogens with two attached hydrogens (primary N) is 1. The van der Waals surface area contributed by atoms with Gasteiger partial charge in [-0.25, -0.2) is 4.98 Å². The zero-order valence-corrected chi connectivity index (χ0v) is 38.0. The Morgan fingerprint density at radius 2 is 1.66 bits per heavy atom. The van der Waals surface area contributed by atoms with Crippen molar-refractivity contribution in [2.45, 2.75) is 104 Å². The number of anilines is 2. The van der Waals surface area contributed by atoms with Crippen molar-refractivity contribution >= 4 is 62.0 Å². The van der Waals surface area contributed by atoms with Gasteiger partial charge in [-0.2, -0.15) is 0 Å². The molecule has 17 heteroatoms. The zero-order valence-electron chi connectivity index (χ0n) is 38.0. The van der Waals surface area contributed by atoms with Gasteiger partial charge >= 0.3 is 11.8 Å². The van der Waals surface area contributed by atoms with Crippen LogP contribution in [-0.4, -0.2) is 93.7 Å². The van der Waals surface area contributed by atoms with Gasteiger partial charge in [-0.15, -0.1) is 0 Å². The van der Waals surface area contributed by atoms with Crippen molar-refractivity contribution in [3.63, 3.8) is 0 Å². The summed E-state index contributed by atoms with van der Waals surface area (Å²) in [7, 11) is 1.44. The number of benzene rings is 3. The van der Waals surface area contributed by atoms with E-state index in [0.29, 0.717) is 31.6 Å². The van der Waals surface area contributed by atoms with Crippen LogP contribution in [0.1, 0.15) is 66.9 Å². The number of ether oxygens (including phenoxy) is 4. The second kappa shape index (κ2) is 18.1. The molecule has 7 rings (SSSR count). The maximum Gasteiger partial charge on any atom is 0.307 e. The summed E-state index contributed by atoms with van der Waals surface area (Å²) in [6, 6.07) is 3.10. The number of esters is 1. The van der Waals surface area contributed by atoms with Gasteiger partial charge in [-0.05, 0) is 32.8 Å². The first-order chi connectivity index (χ1) is 30.7. The molecule has 1 saturated heterocycles. The van der Waals surface area contributed by atoms with Crippen LogP contribution in [0, 0.1) is 30.6 Å². The number of amides is 1. The van der Waals surface area contributed by atoms with Crippen molar-refractivity contribution in [1.29, 1.82) is 0 Å². The number of nitrogens with one attached hydrogen (secondary N) is 1. The number of aromatic nitrogens is 1. The van der Waals surface area contributed by atoms with Crippen LogP contribution in [0.15, 0.2) is 62.3 Å². The summed E-state index contributed by atoms with van der Waals surface area (Å²) in [5, 5.41) is 49.1. The largest absolute Gasteiger partial charge is 0.507 e. The van der Waals surface area contributed by atoms with Crippen molar-refractivity contribution in [2.24, 2.45) is 29.4 Å². The predicted octanol–water partition coefficient (Wildman–Crippen LogP) is 4.49. The minimum absolute atomic E-state index is 0.0161. The van der Waals surface area contributed by atoms with Crippen LogP contribution in [-0.2, 0) is 23.8 Å². The molecule has 0 saturated carbocycles. The van der Waals surface area contributed by atoms with Crippen molar-refractivity contribution in [3.8, 4) is 11.5 Å². The van der Waals surface area contributed by atoms with E-state index in [1.54, 1.807) is 45.9 Å². The third-order valence-corrected chi connectivity index (χ3v) is 13.3. The lowest BCUT2D eigenvalue weighted by molar-refractivity contribution is -0.160. The molecule has 1 amide bonds. The van der Waals surface area contributed by atoms with Crippen LogP contribution in [0.5, 0.6) is 11.5 Å². The Balaban J connectivity index is 1.48. The average Bonchev–Trinajstić information content (AvgIpc) is 3.54. The fraction of sp³-hybridized carbons (Fsp3) is 0.479. The van der Waals surface area contributed by atoms with E-state index in [1.807, 2.05) is 4.90 Å². The number of carbonyl (C=O) groups is 2. The van der Waals surface area contributed by atoms with Gasteiger partial charge in [0, 0.05) is 98.1 Å². The Labute approximate surface area is 374 Å². The third-order valence-electron chi connectivity index (χ3n) is 13.3. The molecule has 0 unspecified atom stereocenters. The molecule has 9 atom stereocenters. The molecule has 3 aromatic carbocycles. The number of allylic oxidation sites excluding steroid dienone is 2. The first-order valence-corrected chi connectivity index (χ1v) is 21.8. The second-order valence-corrected chi connectivity index (χ2v) is 17.9. The van der Waals surface area contributed by atoms with E-state index in [0.717, 1.165) is 0 Å². The van der Waals surface area contributed by atoms with Crippen molar-refractivity contribution in [3.05, 3.63) is 79.5 Å². The molecule has 1 aromatic heterocycles.